The maximum Gasteiger partial charge on any atom is 0.175 e. The summed E-state index contributed by atoms with van der Waals surface area (Å²) in [5.41, 5.74) is 10.1. The second kappa shape index (κ2) is 5.67. The van der Waals surface area contributed by atoms with Crippen LogP contribution < -0.4 is 5.73 Å². The van der Waals surface area contributed by atoms with Gasteiger partial charge in [0.25, 0.3) is 0 Å². The van der Waals surface area contributed by atoms with Crippen LogP contribution in [0, 0.1) is 5.92 Å². The molecule has 4 heteroatoms. The third kappa shape index (κ3) is 3.00. The van der Waals surface area contributed by atoms with Crippen LogP contribution in [0.3, 0.4) is 0 Å². The van der Waals surface area contributed by atoms with Gasteiger partial charge in [0.05, 0.1) is 11.4 Å². The Morgan fingerprint density at radius 1 is 1.28 bits per heavy atom. The highest BCUT2D eigenvalue weighted by molar-refractivity contribution is 9.10. The van der Waals surface area contributed by atoms with Gasteiger partial charge < -0.3 is 10.7 Å². The molecule has 2 rings (SSSR count). The quantitative estimate of drug-likeness (QED) is 0.908. The van der Waals surface area contributed by atoms with E-state index in [2.05, 4.69) is 64.0 Å². The molecule has 18 heavy (non-hydrogen) atoms. The molecule has 1 aromatic heterocycles. The number of benzene rings is 1. The van der Waals surface area contributed by atoms with Crippen molar-refractivity contribution in [1.29, 1.82) is 0 Å². The first-order valence-corrected chi connectivity index (χ1v) is 6.93. The molecule has 0 amide bonds. The molecule has 0 aliphatic heterocycles. The number of hydrogen-bond donors (Lipinski definition) is 2. The number of H-pyrrole nitrogens is 1. The van der Waals surface area contributed by atoms with Gasteiger partial charge >= 0.3 is 0 Å². The number of nitrogens with one attached hydrogen (secondary N) is 1. The van der Waals surface area contributed by atoms with Crippen molar-refractivity contribution < 1.29 is 0 Å². The Hall–Kier alpha value is -1.13. The van der Waals surface area contributed by atoms with Gasteiger partial charge in [-0.2, -0.15) is 0 Å². The zero-order valence-corrected chi connectivity index (χ0v) is 12.3. The normalized spacial score (nSPS) is 11.2. The molecule has 3 nitrogen and oxygen atoms in total. The number of rotatable bonds is 4. The Balaban J connectivity index is 2.28. The second-order valence-corrected chi connectivity index (χ2v) is 5.60. The van der Waals surface area contributed by atoms with E-state index in [9.17, 15) is 0 Å². The topological polar surface area (TPSA) is 54.7 Å². The van der Waals surface area contributed by atoms with E-state index in [1.54, 1.807) is 0 Å². The fraction of sp³-hybridized carbons (Fsp3) is 0.357. The van der Waals surface area contributed by atoms with Crippen LogP contribution in [0.4, 0.5) is 0 Å². The van der Waals surface area contributed by atoms with Crippen molar-refractivity contribution in [3.05, 3.63) is 40.3 Å². The number of aromatic amines is 1. The highest BCUT2D eigenvalue weighted by Gasteiger charge is 2.09. The molecule has 0 radical (unpaired) electrons. The molecule has 0 atom stereocenters. The molecule has 0 bridgehead atoms. The average Bonchev–Trinajstić information content (AvgIpc) is 2.71. The van der Waals surface area contributed by atoms with Crippen LogP contribution in [0.2, 0.25) is 0 Å². The van der Waals surface area contributed by atoms with E-state index in [4.69, 9.17) is 5.73 Å². The molecule has 1 aromatic carbocycles. The van der Waals surface area contributed by atoms with Crippen LogP contribution in [0.15, 0.2) is 29.0 Å². The Kier molecular flexibility index (Phi) is 4.19. The third-order valence-corrected chi connectivity index (χ3v) is 3.20. The molecular weight excluding hydrogens is 290 g/mol. The van der Waals surface area contributed by atoms with Gasteiger partial charge in [-0.05, 0) is 33.8 Å². The van der Waals surface area contributed by atoms with Crippen LogP contribution in [-0.4, -0.2) is 9.97 Å². The van der Waals surface area contributed by atoms with E-state index in [0.29, 0.717) is 12.5 Å². The minimum atomic E-state index is 0.460. The predicted octanol–water partition coefficient (Wildman–Crippen LogP) is 3.50. The molecule has 0 unspecified atom stereocenters. The fourth-order valence-corrected chi connectivity index (χ4v) is 2.45. The molecule has 0 fully saturated rings. The first-order chi connectivity index (χ1) is 8.60. The summed E-state index contributed by atoms with van der Waals surface area (Å²) in [6, 6.07) is 8.55. The van der Waals surface area contributed by atoms with Crippen molar-refractivity contribution in [1.82, 2.24) is 9.97 Å². The third-order valence-electron chi connectivity index (χ3n) is 2.83. The lowest BCUT2D eigenvalue weighted by Crippen LogP contribution is -1.99. The number of aromatic nitrogens is 2. The molecule has 96 valence electrons. The van der Waals surface area contributed by atoms with Crippen LogP contribution in [-0.2, 0) is 13.0 Å². The zero-order chi connectivity index (χ0) is 13.1. The van der Waals surface area contributed by atoms with E-state index in [1.807, 2.05) is 0 Å². The summed E-state index contributed by atoms with van der Waals surface area (Å²) in [7, 11) is 0. The van der Waals surface area contributed by atoms with Crippen molar-refractivity contribution in [2.45, 2.75) is 26.8 Å². The minimum Gasteiger partial charge on any atom is -0.335 e. The van der Waals surface area contributed by atoms with Crippen molar-refractivity contribution in [3.8, 4) is 11.3 Å². The summed E-state index contributed by atoms with van der Waals surface area (Å²) in [4.78, 5) is 7.54. The first-order valence-electron chi connectivity index (χ1n) is 6.14. The lowest BCUT2D eigenvalue weighted by Gasteiger charge is -2.06. The van der Waals surface area contributed by atoms with E-state index in [0.717, 1.165) is 28.1 Å². The van der Waals surface area contributed by atoms with Gasteiger partial charge in [0.15, 0.2) is 4.73 Å². The van der Waals surface area contributed by atoms with Gasteiger partial charge in [0.2, 0.25) is 0 Å². The summed E-state index contributed by atoms with van der Waals surface area (Å²) in [5.74, 6) is 0.676. The molecule has 3 N–H and O–H groups in total. The van der Waals surface area contributed by atoms with Crippen molar-refractivity contribution in [3.63, 3.8) is 0 Å². The van der Waals surface area contributed by atoms with E-state index in [1.165, 1.54) is 5.56 Å². The van der Waals surface area contributed by atoms with E-state index in [-0.39, 0.29) is 0 Å². The fourth-order valence-electron chi connectivity index (χ4n) is 2.03. The van der Waals surface area contributed by atoms with Gasteiger partial charge in [-0.1, -0.05) is 38.1 Å². The maximum atomic E-state index is 5.71. The Morgan fingerprint density at radius 3 is 2.50 bits per heavy atom. The largest absolute Gasteiger partial charge is 0.335 e. The molecule has 0 saturated heterocycles. The zero-order valence-electron chi connectivity index (χ0n) is 10.7. The van der Waals surface area contributed by atoms with Crippen LogP contribution >= 0.6 is 15.9 Å². The average molecular weight is 308 g/mol. The lowest BCUT2D eigenvalue weighted by molar-refractivity contribution is 0.647. The highest BCUT2D eigenvalue weighted by atomic mass is 79.9. The van der Waals surface area contributed by atoms with Gasteiger partial charge in [0.1, 0.15) is 0 Å². The Bertz CT molecular complexity index is 514. The Labute approximate surface area is 116 Å². The molecule has 0 aliphatic carbocycles. The first kappa shape index (κ1) is 13.3. The number of nitrogens with zero attached hydrogens (tertiary/aromatic N) is 1. The van der Waals surface area contributed by atoms with Gasteiger partial charge in [0, 0.05) is 12.1 Å². The summed E-state index contributed by atoms with van der Waals surface area (Å²) in [6.07, 6.45) is 1.11. The molecule has 1 heterocycles. The van der Waals surface area contributed by atoms with Crippen LogP contribution in [0.25, 0.3) is 11.3 Å². The van der Waals surface area contributed by atoms with Gasteiger partial charge in [-0.3, -0.25) is 0 Å². The Morgan fingerprint density at radius 2 is 1.94 bits per heavy atom. The van der Waals surface area contributed by atoms with Crippen LogP contribution in [0.5, 0.6) is 0 Å². The second-order valence-electron chi connectivity index (χ2n) is 4.85. The lowest BCUT2D eigenvalue weighted by atomic mass is 10.0. The van der Waals surface area contributed by atoms with E-state index < -0.39 is 0 Å². The van der Waals surface area contributed by atoms with Crippen molar-refractivity contribution >= 4 is 15.9 Å². The number of halogens is 1. The summed E-state index contributed by atoms with van der Waals surface area (Å²) >= 11 is 3.35. The number of nitrogens with two attached hydrogens (primary N) is 1. The molecule has 0 spiro atoms. The molecule has 0 saturated carbocycles. The standard InChI is InChI=1S/C14H18BrN3/c1-9(2)7-10-3-5-11(6-4-10)13-12(8-16)17-14(15)18-13/h3-6,9H,7-8,16H2,1-2H3,(H,17,18). The monoisotopic (exact) mass is 307 g/mol. The van der Waals surface area contributed by atoms with Gasteiger partial charge in [-0.25, -0.2) is 4.98 Å². The highest BCUT2D eigenvalue weighted by Crippen LogP contribution is 2.24. The summed E-state index contributed by atoms with van der Waals surface area (Å²) < 4.78 is 0.726. The predicted molar refractivity (Wildman–Crippen MR) is 78.2 cm³/mol. The van der Waals surface area contributed by atoms with Crippen molar-refractivity contribution in [2.24, 2.45) is 11.7 Å². The maximum absolute atomic E-state index is 5.71. The number of imidazole rings is 1. The number of hydrogen-bond acceptors (Lipinski definition) is 2. The summed E-state index contributed by atoms with van der Waals surface area (Å²) in [5, 5.41) is 0. The van der Waals surface area contributed by atoms with Gasteiger partial charge in [-0.15, -0.1) is 0 Å². The SMILES string of the molecule is CC(C)Cc1ccc(-c2nc(Br)[nH]c2CN)cc1. The van der Waals surface area contributed by atoms with Crippen molar-refractivity contribution in [2.75, 3.05) is 0 Å². The molecular formula is C14H18BrN3. The van der Waals surface area contributed by atoms with E-state index >= 15 is 0 Å². The molecule has 0 aliphatic rings. The summed E-state index contributed by atoms with van der Waals surface area (Å²) in [6.45, 7) is 4.91. The smallest absolute Gasteiger partial charge is 0.175 e. The minimum absolute atomic E-state index is 0.460. The molecule has 2 aromatic rings. The van der Waals surface area contributed by atoms with Crippen LogP contribution in [0.1, 0.15) is 25.1 Å².